The smallest absolute Gasteiger partial charge is 0.206 e. The minimum Gasteiger partial charge on any atom is -0.497 e. The lowest BCUT2D eigenvalue weighted by atomic mass is 10.1. The lowest BCUT2D eigenvalue weighted by Gasteiger charge is -2.07. The maximum Gasteiger partial charge on any atom is 0.206 e. The zero-order valence-corrected chi connectivity index (χ0v) is 13.2. The molecule has 0 fully saturated rings. The van der Waals surface area contributed by atoms with Gasteiger partial charge < -0.3 is 9.15 Å². The molecule has 1 aromatic heterocycles. The summed E-state index contributed by atoms with van der Waals surface area (Å²) in [5.41, 5.74) is 0.901. The Morgan fingerprint density at radius 2 is 1.86 bits per heavy atom. The van der Waals surface area contributed by atoms with Crippen LogP contribution >= 0.6 is 22.6 Å². The van der Waals surface area contributed by atoms with Crippen molar-refractivity contribution in [1.29, 1.82) is 0 Å². The molecule has 0 aliphatic rings. The van der Waals surface area contributed by atoms with E-state index < -0.39 is 5.82 Å². The van der Waals surface area contributed by atoms with Gasteiger partial charge in [0.25, 0.3) is 0 Å². The van der Waals surface area contributed by atoms with Crippen molar-refractivity contribution in [2.45, 2.75) is 0 Å². The van der Waals surface area contributed by atoms with Gasteiger partial charge in [-0.15, -0.1) is 0 Å². The average Bonchev–Trinajstić information content (AvgIpc) is 2.51. The number of ether oxygens (including phenoxy) is 1. The van der Waals surface area contributed by atoms with Crippen LogP contribution < -0.4 is 10.2 Å². The largest absolute Gasteiger partial charge is 0.497 e. The Kier molecular flexibility index (Phi) is 3.67. The Hall–Kier alpha value is -1.89. The monoisotopic (exact) mass is 396 g/mol. The van der Waals surface area contributed by atoms with Gasteiger partial charge in [0.2, 0.25) is 5.43 Å². The van der Waals surface area contributed by atoms with E-state index >= 15 is 0 Å². The Balaban J connectivity index is 2.25. The van der Waals surface area contributed by atoms with Gasteiger partial charge in [0.15, 0.2) is 5.76 Å². The van der Waals surface area contributed by atoms with Gasteiger partial charge in [-0.3, -0.25) is 4.79 Å². The van der Waals surface area contributed by atoms with Crippen molar-refractivity contribution in [3.8, 4) is 17.1 Å². The molecule has 0 aliphatic carbocycles. The Labute approximate surface area is 133 Å². The number of hydrogen-bond acceptors (Lipinski definition) is 3. The van der Waals surface area contributed by atoms with Crippen LogP contribution in [0.15, 0.2) is 51.7 Å². The SMILES string of the molecule is COc1ccc(-c2oc3ccc(F)cc3c(=O)c2I)cc1. The Bertz CT molecular complexity index is 869. The van der Waals surface area contributed by atoms with Crippen LogP contribution in [-0.2, 0) is 0 Å². The van der Waals surface area contributed by atoms with Crippen LogP contribution in [0.4, 0.5) is 4.39 Å². The van der Waals surface area contributed by atoms with Crippen molar-refractivity contribution in [1.82, 2.24) is 0 Å². The van der Waals surface area contributed by atoms with E-state index in [4.69, 9.17) is 9.15 Å². The summed E-state index contributed by atoms with van der Waals surface area (Å²) in [6.07, 6.45) is 0. The molecule has 0 saturated heterocycles. The molecule has 0 unspecified atom stereocenters. The highest BCUT2D eigenvalue weighted by Gasteiger charge is 2.14. The van der Waals surface area contributed by atoms with E-state index in [9.17, 15) is 9.18 Å². The molecule has 5 heteroatoms. The molecule has 0 saturated carbocycles. The molecular weight excluding hydrogens is 386 g/mol. The number of hydrogen-bond donors (Lipinski definition) is 0. The van der Waals surface area contributed by atoms with Crippen LogP contribution in [0.1, 0.15) is 0 Å². The van der Waals surface area contributed by atoms with E-state index in [0.717, 1.165) is 11.3 Å². The lowest BCUT2D eigenvalue weighted by molar-refractivity contribution is 0.415. The summed E-state index contributed by atoms with van der Waals surface area (Å²) in [5, 5.41) is 0.247. The molecule has 0 bridgehead atoms. The highest BCUT2D eigenvalue weighted by molar-refractivity contribution is 14.1. The molecule has 106 valence electrons. The molecule has 3 aromatic rings. The van der Waals surface area contributed by atoms with Gasteiger partial charge in [-0.1, -0.05) is 0 Å². The highest BCUT2D eigenvalue weighted by atomic mass is 127. The zero-order chi connectivity index (χ0) is 15.0. The maximum absolute atomic E-state index is 13.3. The minimum atomic E-state index is -0.456. The number of fused-ring (bicyclic) bond motifs is 1. The Morgan fingerprint density at radius 1 is 1.14 bits per heavy atom. The van der Waals surface area contributed by atoms with Gasteiger partial charge in [-0.25, -0.2) is 4.39 Å². The predicted molar refractivity (Wildman–Crippen MR) is 87.1 cm³/mol. The average molecular weight is 396 g/mol. The second-order valence-electron chi connectivity index (χ2n) is 4.44. The summed E-state index contributed by atoms with van der Waals surface area (Å²) in [6, 6.07) is 11.1. The summed E-state index contributed by atoms with van der Waals surface area (Å²) in [4.78, 5) is 12.3. The highest BCUT2D eigenvalue weighted by Crippen LogP contribution is 2.28. The third-order valence-corrected chi connectivity index (χ3v) is 4.13. The molecule has 0 spiro atoms. The molecule has 1 heterocycles. The third kappa shape index (κ3) is 2.53. The van der Waals surface area contributed by atoms with Gasteiger partial charge in [0.1, 0.15) is 20.7 Å². The summed E-state index contributed by atoms with van der Waals surface area (Å²) in [7, 11) is 1.59. The maximum atomic E-state index is 13.3. The summed E-state index contributed by atoms with van der Waals surface area (Å²) >= 11 is 1.93. The fourth-order valence-electron chi connectivity index (χ4n) is 2.07. The van der Waals surface area contributed by atoms with Crippen LogP contribution in [-0.4, -0.2) is 7.11 Å². The first kappa shape index (κ1) is 14.1. The van der Waals surface area contributed by atoms with Crippen molar-refractivity contribution in [2.24, 2.45) is 0 Å². The normalized spacial score (nSPS) is 10.8. The number of rotatable bonds is 2. The number of halogens is 2. The van der Waals surface area contributed by atoms with E-state index in [1.54, 1.807) is 19.2 Å². The van der Waals surface area contributed by atoms with E-state index in [0.29, 0.717) is 14.9 Å². The number of methoxy groups -OCH3 is 1. The third-order valence-electron chi connectivity index (χ3n) is 3.15. The van der Waals surface area contributed by atoms with Gasteiger partial charge in [-0.2, -0.15) is 0 Å². The van der Waals surface area contributed by atoms with Gasteiger partial charge in [0, 0.05) is 5.56 Å². The molecule has 0 N–H and O–H groups in total. The first-order valence-electron chi connectivity index (χ1n) is 6.16. The minimum absolute atomic E-state index is 0.234. The van der Waals surface area contributed by atoms with Crippen molar-refractivity contribution in [3.63, 3.8) is 0 Å². The Morgan fingerprint density at radius 3 is 2.52 bits per heavy atom. The molecule has 0 radical (unpaired) electrons. The van der Waals surface area contributed by atoms with Crippen molar-refractivity contribution in [2.75, 3.05) is 7.11 Å². The van der Waals surface area contributed by atoms with Crippen LogP contribution in [0.3, 0.4) is 0 Å². The van der Waals surface area contributed by atoms with Crippen LogP contribution in [0.5, 0.6) is 5.75 Å². The van der Waals surface area contributed by atoms with E-state index in [-0.39, 0.29) is 10.8 Å². The van der Waals surface area contributed by atoms with E-state index in [1.807, 2.05) is 34.7 Å². The molecule has 21 heavy (non-hydrogen) atoms. The van der Waals surface area contributed by atoms with E-state index in [2.05, 4.69) is 0 Å². The van der Waals surface area contributed by atoms with Gasteiger partial charge >= 0.3 is 0 Å². The second kappa shape index (κ2) is 5.48. The standard InChI is InChI=1S/C16H10FIO3/c1-20-11-5-2-9(3-6-11)16-14(18)15(19)12-8-10(17)4-7-13(12)21-16/h2-8H,1H3. The van der Waals surface area contributed by atoms with Gasteiger partial charge in [0.05, 0.1) is 12.5 Å². The first-order valence-corrected chi connectivity index (χ1v) is 7.24. The molecule has 3 nitrogen and oxygen atoms in total. The van der Waals surface area contributed by atoms with Crippen molar-refractivity contribution >= 4 is 33.6 Å². The van der Waals surface area contributed by atoms with E-state index in [1.165, 1.54) is 18.2 Å². The second-order valence-corrected chi connectivity index (χ2v) is 5.52. The summed E-state index contributed by atoms with van der Waals surface area (Å²) in [6.45, 7) is 0. The lowest BCUT2D eigenvalue weighted by Crippen LogP contribution is -2.07. The van der Waals surface area contributed by atoms with Crippen LogP contribution in [0.2, 0.25) is 0 Å². The molecule has 0 atom stereocenters. The zero-order valence-electron chi connectivity index (χ0n) is 11.0. The summed E-state index contributed by atoms with van der Waals surface area (Å²) < 4.78 is 24.6. The quantitative estimate of drug-likeness (QED) is 0.610. The fraction of sp³-hybridized carbons (Fsp3) is 0.0625. The molecule has 2 aromatic carbocycles. The first-order chi connectivity index (χ1) is 10.1. The van der Waals surface area contributed by atoms with Crippen molar-refractivity contribution < 1.29 is 13.5 Å². The molecule has 0 aliphatic heterocycles. The van der Waals surface area contributed by atoms with Crippen LogP contribution in [0.25, 0.3) is 22.3 Å². The number of benzene rings is 2. The molecule has 3 rings (SSSR count). The summed E-state index contributed by atoms with van der Waals surface area (Å²) in [5.74, 6) is 0.740. The fourth-order valence-corrected chi connectivity index (χ4v) is 2.78. The molecular formula is C16H10FIO3. The topological polar surface area (TPSA) is 39.4 Å². The predicted octanol–water partition coefficient (Wildman–Crippen LogP) is 4.21. The van der Waals surface area contributed by atoms with Crippen LogP contribution in [0, 0.1) is 9.39 Å². The molecule has 0 amide bonds. The van der Waals surface area contributed by atoms with Crippen molar-refractivity contribution in [3.05, 3.63) is 62.1 Å². The van der Waals surface area contributed by atoms with Gasteiger partial charge in [-0.05, 0) is 65.1 Å².